The number of benzene rings is 3. The van der Waals surface area contributed by atoms with Crippen LogP contribution in [0, 0.1) is 0 Å². The summed E-state index contributed by atoms with van der Waals surface area (Å²) in [6.45, 7) is 0. The monoisotopic (exact) mass is 339 g/mol. The summed E-state index contributed by atoms with van der Waals surface area (Å²) >= 11 is 0. The molecule has 0 radical (unpaired) electrons. The Morgan fingerprint density at radius 2 is 1.27 bits per heavy atom. The first kappa shape index (κ1) is 15.8. The van der Waals surface area contributed by atoms with Crippen molar-refractivity contribution in [1.29, 1.82) is 0 Å². The molecule has 4 aromatic rings. The maximum Gasteiger partial charge on any atom is 0.346 e. The Labute approximate surface area is 151 Å². The van der Waals surface area contributed by atoms with E-state index in [0.29, 0.717) is 0 Å². The van der Waals surface area contributed by atoms with Gasteiger partial charge in [0.05, 0.1) is 5.69 Å². The maximum atomic E-state index is 12.4. The van der Waals surface area contributed by atoms with E-state index in [2.05, 4.69) is 22.5 Å². The second kappa shape index (κ2) is 7.07. The molecule has 0 saturated heterocycles. The van der Waals surface area contributed by atoms with Crippen LogP contribution in [0.2, 0.25) is 0 Å². The molecule has 1 amide bonds. The van der Waals surface area contributed by atoms with Crippen molar-refractivity contribution in [2.75, 3.05) is 5.32 Å². The minimum atomic E-state index is -0.292. The van der Waals surface area contributed by atoms with E-state index in [9.17, 15) is 4.79 Å². The number of anilines is 1. The fourth-order valence-corrected chi connectivity index (χ4v) is 2.76. The van der Waals surface area contributed by atoms with Crippen LogP contribution < -0.4 is 5.32 Å². The van der Waals surface area contributed by atoms with Crippen LogP contribution in [-0.4, -0.2) is 15.8 Å². The molecule has 0 aliphatic heterocycles. The standard InChI is InChI=1S/C22H17N3O/c26-22(25-16-15-21(24-25)19-9-5-2-6-10-19)23-20-13-11-18(12-14-20)17-7-3-1-4-8-17/h1-16H,(H,23,26). The molecule has 126 valence electrons. The molecule has 1 heterocycles. The summed E-state index contributed by atoms with van der Waals surface area (Å²) in [7, 11) is 0. The fourth-order valence-electron chi connectivity index (χ4n) is 2.76. The molecule has 0 unspecified atom stereocenters. The number of hydrogen-bond acceptors (Lipinski definition) is 2. The van der Waals surface area contributed by atoms with Gasteiger partial charge in [0.2, 0.25) is 0 Å². The van der Waals surface area contributed by atoms with Gasteiger partial charge in [-0.1, -0.05) is 72.8 Å². The molecule has 1 aromatic heterocycles. The molecular weight excluding hydrogens is 322 g/mol. The minimum Gasteiger partial charge on any atom is -0.306 e. The first-order valence-electron chi connectivity index (χ1n) is 8.37. The van der Waals surface area contributed by atoms with E-state index in [-0.39, 0.29) is 6.03 Å². The number of amides is 1. The lowest BCUT2D eigenvalue weighted by Crippen LogP contribution is -2.19. The van der Waals surface area contributed by atoms with E-state index < -0.39 is 0 Å². The first-order chi connectivity index (χ1) is 12.8. The molecule has 4 heteroatoms. The zero-order chi connectivity index (χ0) is 17.8. The van der Waals surface area contributed by atoms with E-state index in [1.54, 1.807) is 6.20 Å². The largest absolute Gasteiger partial charge is 0.346 e. The molecule has 0 saturated carbocycles. The number of nitrogens with one attached hydrogen (secondary N) is 1. The van der Waals surface area contributed by atoms with Crippen LogP contribution in [-0.2, 0) is 0 Å². The van der Waals surface area contributed by atoms with Crippen LogP contribution in [0.1, 0.15) is 0 Å². The van der Waals surface area contributed by atoms with Crippen molar-refractivity contribution < 1.29 is 4.79 Å². The van der Waals surface area contributed by atoms with Gasteiger partial charge >= 0.3 is 6.03 Å². The van der Waals surface area contributed by atoms with Crippen LogP contribution in [0.3, 0.4) is 0 Å². The predicted octanol–water partition coefficient (Wildman–Crippen LogP) is 5.30. The van der Waals surface area contributed by atoms with Crippen molar-refractivity contribution in [2.24, 2.45) is 0 Å². The van der Waals surface area contributed by atoms with E-state index >= 15 is 0 Å². The van der Waals surface area contributed by atoms with Gasteiger partial charge in [-0.3, -0.25) is 0 Å². The molecule has 0 fully saturated rings. The van der Waals surface area contributed by atoms with E-state index in [0.717, 1.165) is 28.1 Å². The van der Waals surface area contributed by atoms with E-state index in [1.165, 1.54) is 4.68 Å². The highest BCUT2D eigenvalue weighted by Gasteiger charge is 2.09. The Balaban J connectivity index is 1.48. The highest BCUT2D eigenvalue weighted by atomic mass is 16.2. The lowest BCUT2D eigenvalue weighted by molar-refractivity contribution is 0.251. The summed E-state index contributed by atoms with van der Waals surface area (Å²) in [6, 6.07) is 29.2. The second-order valence-corrected chi connectivity index (χ2v) is 5.89. The minimum absolute atomic E-state index is 0.292. The van der Waals surface area contributed by atoms with Crippen LogP contribution >= 0.6 is 0 Å². The lowest BCUT2D eigenvalue weighted by Gasteiger charge is -2.06. The number of hydrogen-bond donors (Lipinski definition) is 1. The van der Waals surface area contributed by atoms with Crippen LogP contribution in [0.5, 0.6) is 0 Å². The van der Waals surface area contributed by atoms with Gasteiger partial charge in [0.1, 0.15) is 0 Å². The van der Waals surface area contributed by atoms with Crippen molar-refractivity contribution in [3.05, 3.63) is 97.2 Å². The topological polar surface area (TPSA) is 46.9 Å². The second-order valence-electron chi connectivity index (χ2n) is 5.89. The molecule has 0 spiro atoms. The average molecular weight is 339 g/mol. The number of carbonyl (C=O) groups excluding carboxylic acids is 1. The Bertz CT molecular complexity index is 1010. The zero-order valence-corrected chi connectivity index (χ0v) is 14.0. The molecule has 0 bridgehead atoms. The van der Waals surface area contributed by atoms with Gasteiger partial charge in [0.25, 0.3) is 0 Å². The van der Waals surface area contributed by atoms with Crippen LogP contribution in [0.15, 0.2) is 97.2 Å². The molecular formula is C22H17N3O. The lowest BCUT2D eigenvalue weighted by atomic mass is 10.1. The molecule has 4 rings (SSSR count). The van der Waals surface area contributed by atoms with Gasteiger partial charge < -0.3 is 5.32 Å². The van der Waals surface area contributed by atoms with Gasteiger partial charge in [0, 0.05) is 17.4 Å². The van der Waals surface area contributed by atoms with Crippen molar-refractivity contribution in [1.82, 2.24) is 9.78 Å². The third-order valence-corrected chi connectivity index (χ3v) is 4.11. The quantitative estimate of drug-likeness (QED) is 0.551. The Morgan fingerprint density at radius 1 is 0.692 bits per heavy atom. The summed E-state index contributed by atoms with van der Waals surface area (Å²) in [5.74, 6) is 0. The number of aromatic nitrogens is 2. The Hall–Kier alpha value is -3.66. The Kier molecular flexibility index (Phi) is 4.31. The zero-order valence-electron chi connectivity index (χ0n) is 14.0. The van der Waals surface area contributed by atoms with Crippen molar-refractivity contribution >= 4 is 11.7 Å². The predicted molar refractivity (Wildman–Crippen MR) is 104 cm³/mol. The fraction of sp³-hybridized carbons (Fsp3) is 0. The molecule has 26 heavy (non-hydrogen) atoms. The summed E-state index contributed by atoms with van der Waals surface area (Å²) in [5, 5.41) is 7.21. The summed E-state index contributed by atoms with van der Waals surface area (Å²) in [6.07, 6.45) is 1.66. The third-order valence-electron chi connectivity index (χ3n) is 4.11. The van der Waals surface area contributed by atoms with Gasteiger partial charge in [0.15, 0.2) is 0 Å². The summed E-state index contributed by atoms with van der Waals surface area (Å²) < 4.78 is 1.31. The van der Waals surface area contributed by atoms with Crippen molar-refractivity contribution in [3.8, 4) is 22.4 Å². The van der Waals surface area contributed by atoms with Crippen LogP contribution in [0.25, 0.3) is 22.4 Å². The first-order valence-corrected chi connectivity index (χ1v) is 8.37. The maximum absolute atomic E-state index is 12.4. The smallest absolute Gasteiger partial charge is 0.306 e. The number of nitrogens with zero attached hydrogens (tertiary/aromatic N) is 2. The highest BCUT2D eigenvalue weighted by molar-refractivity contribution is 5.91. The van der Waals surface area contributed by atoms with Gasteiger partial charge in [-0.2, -0.15) is 9.78 Å². The molecule has 0 atom stereocenters. The van der Waals surface area contributed by atoms with Gasteiger partial charge in [-0.25, -0.2) is 4.79 Å². The molecule has 1 N–H and O–H groups in total. The van der Waals surface area contributed by atoms with E-state index in [4.69, 9.17) is 0 Å². The summed E-state index contributed by atoms with van der Waals surface area (Å²) in [4.78, 5) is 12.4. The van der Waals surface area contributed by atoms with Crippen LogP contribution in [0.4, 0.5) is 10.5 Å². The number of carbonyl (C=O) groups is 1. The normalized spacial score (nSPS) is 10.5. The van der Waals surface area contributed by atoms with Crippen molar-refractivity contribution in [3.63, 3.8) is 0 Å². The molecule has 0 aliphatic carbocycles. The Morgan fingerprint density at radius 3 is 1.92 bits per heavy atom. The van der Waals surface area contributed by atoms with Gasteiger partial charge in [-0.15, -0.1) is 0 Å². The summed E-state index contributed by atoms with van der Waals surface area (Å²) in [5.41, 5.74) is 4.72. The van der Waals surface area contributed by atoms with E-state index in [1.807, 2.05) is 78.9 Å². The SMILES string of the molecule is O=C(Nc1ccc(-c2ccccc2)cc1)n1ccc(-c2ccccc2)n1. The van der Waals surface area contributed by atoms with Crippen molar-refractivity contribution in [2.45, 2.75) is 0 Å². The molecule has 0 aliphatic rings. The molecule has 4 nitrogen and oxygen atoms in total. The highest BCUT2D eigenvalue weighted by Crippen LogP contribution is 2.21. The third kappa shape index (κ3) is 3.39. The number of rotatable bonds is 3. The molecule has 3 aromatic carbocycles. The average Bonchev–Trinajstić information content (AvgIpc) is 3.20. The van der Waals surface area contributed by atoms with Gasteiger partial charge in [-0.05, 0) is 29.3 Å².